The van der Waals surface area contributed by atoms with E-state index in [1.807, 2.05) is 39.8 Å². The van der Waals surface area contributed by atoms with Crippen molar-refractivity contribution in [1.82, 2.24) is 20.2 Å². The van der Waals surface area contributed by atoms with E-state index in [9.17, 15) is 4.79 Å². The van der Waals surface area contributed by atoms with Crippen LogP contribution in [0.5, 0.6) is 6.01 Å². The van der Waals surface area contributed by atoms with Gasteiger partial charge in [0.05, 0.1) is 10.5 Å². The van der Waals surface area contributed by atoms with E-state index in [4.69, 9.17) is 21.1 Å². The highest BCUT2D eigenvalue weighted by atomic mass is 79.9. The predicted molar refractivity (Wildman–Crippen MR) is 131 cm³/mol. The minimum absolute atomic E-state index is 0.128. The van der Waals surface area contributed by atoms with Crippen molar-refractivity contribution >= 4 is 50.3 Å². The second-order valence-electron chi connectivity index (χ2n) is 9.15. The van der Waals surface area contributed by atoms with Gasteiger partial charge in [-0.15, -0.1) is 0 Å². The normalized spacial score (nSPS) is 17.9. The third-order valence-electron chi connectivity index (χ3n) is 5.13. The van der Waals surface area contributed by atoms with Gasteiger partial charge in [-0.3, -0.25) is 0 Å². The van der Waals surface area contributed by atoms with Crippen LogP contribution in [0.2, 0.25) is 5.02 Å². The quantitative estimate of drug-likeness (QED) is 0.531. The van der Waals surface area contributed by atoms with Gasteiger partial charge in [-0.1, -0.05) is 11.6 Å². The molecule has 8 nitrogen and oxygen atoms in total. The number of fused-ring (bicyclic) bond motifs is 1. The number of hydrogen-bond acceptors (Lipinski definition) is 7. The third kappa shape index (κ3) is 6.83. The van der Waals surface area contributed by atoms with E-state index < -0.39 is 11.7 Å². The van der Waals surface area contributed by atoms with Gasteiger partial charge in [0.15, 0.2) is 0 Å². The molecule has 0 radical (unpaired) electrons. The number of ether oxygens (including phenoxy) is 2. The zero-order valence-electron chi connectivity index (χ0n) is 19.2. The lowest BCUT2D eigenvalue weighted by molar-refractivity contribution is 0.0526. The fraction of sp³-hybridized carbons (Fsp3) is 0.591. The molecule has 10 heteroatoms. The molecule has 2 atom stereocenters. The van der Waals surface area contributed by atoms with Gasteiger partial charge in [0, 0.05) is 28.5 Å². The Labute approximate surface area is 202 Å². The Kier molecular flexibility index (Phi) is 8.06. The number of aromatic nitrogens is 2. The maximum absolute atomic E-state index is 12.0. The molecule has 0 unspecified atom stereocenters. The number of alkyl carbamates (subject to hydrolysis) is 1. The summed E-state index contributed by atoms with van der Waals surface area (Å²) in [5.74, 6) is 0.595. The number of amides is 1. The van der Waals surface area contributed by atoms with Crippen LogP contribution in [0.3, 0.4) is 0 Å². The third-order valence-corrected chi connectivity index (χ3v) is 6.33. The molecule has 32 heavy (non-hydrogen) atoms. The van der Waals surface area contributed by atoms with E-state index in [0.717, 1.165) is 22.8 Å². The Morgan fingerprint density at radius 3 is 2.78 bits per heavy atom. The largest absolute Gasteiger partial charge is 0.462 e. The Bertz CT molecular complexity index is 969. The van der Waals surface area contributed by atoms with Crippen LogP contribution >= 0.6 is 27.5 Å². The van der Waals surface area contributed by atoms with E-state index in [2.05, 4.69) is 48.5 Å². The summed E-state index contributed by atoms with van der Waals surface area (Å²) in [5, 5.41) is 7.44. The van der Waals surface area contributed by atoms with E-state index in [-0.39, 0.29) is 6.04 Å². The van der Waals surface area contributed by atoms with E-state index in [0.29, 0.717) is 41.6 Å². The van der Waals surface area contributed by atoms with Crippen LogP contribution in [-0.2, 0) is 4.74 Å². The van der Waals surface area contributed by atoms with Crippen molar-refractivity contribution in [3.8, 4) is 6.01 Å². The number of rotatable bonds is 7. The van der Waals surface area contributed by atoms with E-state index >= 15 is 0 Å². The van der Waals surface area contributed by atoms with Crippen molar-refractivity contribution in [2.75, 3.05) is 32.1 Å². The van der Waals surface area contributed by atoms with E-state index in [1.165, 1.54) is 6.42 Å². The standard InChI is InChI=1S/C22H31BrClN5O3/c1-13(11-25-21(30)32-22(2,3)4)26-19-15-9-17(24)16(23)10-18(15)27-20(28-19)31-12-14-7-6-8-29(14)5/h9-10,13-14H,6-8,11-12H2,1-5H3,(H,25,30)(H,26,27,28)/t13-,14-/m0/s1. The average molecular weight is 529 g/mol. The predicted octanol–water partition coefficient (Wildman–Crippen LogP) is 4.84. The van der Waals surface area contributed by atoms with Gasteiger partial charge in [0.25, 0.3) is 0 Å². The fourth-order valence-corrected chi connectivity index (χ4v) is 3.97. The number of benzene rings is 1. The number of carbonyl (C=O) groups excluding carboxylic acids is 1. The highest BCUT2D eigenvalue weighted by Gasteiger charge is 2.22. The first-order valence-corrected chi connectivity index (χ1v) is 11.9. The maximum Gasteiger partial charge on any atom is 0.407 e. The number of halogens is 2. The van der Waals surface area contributed by atoms with Crippen LogP contribution in [0.4, 0.5) is 10.6 Å². The van der Waals surface area contributed by atoms with Crippen LogP contribution < -0.4 is 15.4 Å². The first-order valence-electron chi connectivity index (χ1n) is 10.7. The molecular weight excluding hydrogens is 498 g/mol. The molecule has 1 fully saturated rings. The molecule has 176 valence electrons. The highest BCUT2D eigenvalue weighted by Crippen LogP contribution is 2.32. The minimum atomic E-state index is -0.548. The number of likely N-dealkylation sites (N-methyl/N-ethyl adjacent to an activating group) is 1. The average Bonchev–Trinajstić information content (AvgIpc) is 3.10. The zero-order valence-corrected chi connectivity index (χ0v) is 21.5. The number of hydrogen-bond donors (Lipinski definition) is 2. The lowest BCUT2D eigenvalue weighted by Gasteiger charge is -2.22. The molecule has 0 spiro atoms. The smallest absolute Gasteiger partial charge is 0.407 e. The molecule has 2 heterocycles. The van der Waals surface area contributed by atoms with Crippen molar-refractivity contribution < 1.29 is 14.3 Å². The maximum atomic E-state index is 12.0. The second-order valence-corrected chi connectivity index (χ2v) is 10.4. The molecule has 1 aromatic carbocycles. The van der Waals surface area contributed by atoms with Gasteiger partial charge in [0.2, 0.25) is 0 Å². The van der Waals surface area contributed by atoms with Gasteiger partial charge in [-0.25, -0.2) is 4.79 Å². The van der Waals surface area contributed by atoms with Crippen molar-refractivity contribution in [3.63, 3.8) is 0 Å². The van der Waals surface area contributed by atoms with E-state index in [1.54, 1.807) is 0 Å². The first kappa shape index (κ1) is 24.8. The summed E-state index contributed by atoms with van der Waals surface area (Å²) >= 11 is 9.78. The summed E-state index contributed by atoms with van der Waals surface area (Å²) in [5.41, 5.74) is 0.161. The molecule has 1 aromatic heterocycles. The van der Waals surface area contributed by atoms with Gasteiger partial charge in [0.1, 0.15) is 18.0 Å². The van der Waals surface area contributed by atoms with Gasteiger partial charge >= 0.3 is 12.1 Å². The molecule has 1 aliphatic rings. The molecule has 0 aliphatic carbocycles. The number of nitrogens with one attached hydrogen (secondary N) is 2. The topological polar surface area (TPSA) is 88.6 Å². The van der Waals surface area contributed by atoms with Crippen molar-refractivity contribution in [1.29, 1.82) is 0 Å². The summed E-state index contributed by atoms with van der Waals surface area (Å²) in [6.45, 7) is 9.39. The van der Waals surface area contributed by atoms with Crippen LogP contribution in [0, 0.1) is 0 Å². The summed E-state index contributed by atoms with van der Waals surface area (Å²) in [7, 11) is 2.10. The minimum Gasteiger partial charge on any atom is -0.462 e. The van der Waals surface area contributed by atoms with Gasteiger partial charge in [-0.2, -0.15) is 9.97 Å². The molecule has 1 aliphatic heterocycles. The zero-order chi connectivity index (χ0) is 23.5. The van der Waals surface area contributed by atoms with Crippen LogP contribution in [0.1, 0.15) is 40.5 Å². The number of likely N-dealkylation sites (tertiary alicyclic amines) is 1. The van der Waals surface area contributed by atoms with Crippen molar-refractivity contribution in [2.24, 2.45) is 0 Å². The van der Waals surface area contributed by atoms with Crippen LogP contribution in [0.15, 0.2) is 16.6 Å². The SMILES string of the molecule is C[C@@H](CNC(=O)OC(C)(C)C)Nc1nc(OC[C@@H]2CCCN2C)nc2cc(Br)c(Cl)cc12. The number of nitrogens with zero attached hydrogens (tertiary/aromatic N) is 3. The molecule has 1 saturated heterocycles. The second kappa shape index (κ2) is 10.4. The van der Waals surface area contributed by atoms with Crippen LogP contribution in [0.25, 0.3) is 10.9 Å². The monoisotopic (exact) mass is 527 g/mol. The number of carbonyl (C=O) groups is 1. The lowest BCUT2D eigenvalue weighted by atomic mass is 10.2. The highest BCUT2D eigenvalue weighted by molar-refractivity contribution is 9.10. The Morgan fingerprint density at radius 1 is 1.38 bits per heavy atom. The van der Waals surface area contributed by atoms with Crippen LogP contribution in [-0.4, -0.2) is 65.4 Å². The molecule has 1 amide bonds. The van der Waals surface area contributed by atoms with Gasteiger partial charge in [-0.05, 0) is 82.2 Å². The Balaban J connectivity index is 1.75. The fourth-order valence-electron chi connectivity index (χ4n) is 3.47. The summed E-state index contributed by atoms with van der Waals surface area (Å²) < 4.78 is 12.0. The Hall–Kier alpha value is -1.84. The molecule has 0 bridgehead atoms. The molecular formula is C22H31BrClN5O3. The lowest BCUT2D eigenvalue weighted by Crippen LogP contribution is -2.38. The summed E-state index contributed by atoms with van der Waals surface area (Å²) in [6.07, 6.45) is 1.81. The van der Waals surface area contributed by atoms with Gasteiger partial charge < -0.3 is 25.0 Å². The molecule has 2 aromatic rings. The van der Waals surface area contributed by atoms with Crippen molar-refractivity contribution in [3.05, 3.63) is 21.6 Å². The molecule has 0 saturated carbocycles. The Morgan fingerprint density at radius 2 is 2.12 bits per heavy atom. The first-order chi connectivity index (χ1) is 15.0. The molecule has 3 rings (SSSR count). The summed E-state index contributed by atoms with van der Waals surface area (Å²) in [6, 6.07) is 4.20. The summed E-state index contributed by atoms with van der Waals surface area (Å²) in [4.78, 5) is 23.4. The van der Waals surface area contributed by atoms with Crippen molar-refractivity contribution in [2.45, 2.75) is 58.2 Å². The number of anilines is 1. The molecule has 2 N–H and O–H groups in total.